The van der Waals surface area contributed by atoms with E-state index in [-0.39, 0.29) is 23.6 Å². The first-order valence-electron chi connectivity index (χ1n) is 8.48. The highest BCUT2D eigenvalue weighted by atomic mass is 79.9. The summed E-state index contributed by atoms with van der Waals surface area (Å²) in [5, 5.41) is 9.10. The minimum Gasteiger partial charge on any atom is -0.494 e. The number of carbonyl (C=O) groups is 2. The molecule has 0 fully saturated rings. The van der Waals surface area contributed by atoms with Crippen LogP contribution in [0.25, 0.3) is 0 Å². The molecule has 2 aromatic rings. The number of esters is 1. The van der Waals surface area contributed by atoms with Crippen molar-refractivity contribution in [1.29, 1.82) is 5.26 Å². The van der Waals surface area contributed by atoms with Gasteiger partial charge in [0.2, 0.25) is 0 Å². The van der Waals surface area contributed by atoms with E-state index < -0.39 is 18.5 Å². The Morgan fingerprint density at radius 3 is 2.57 bits per heavy atom. The van der Waals surface area contributed by atoms with Gasteiger partial charge in [0.25, 0.3) is 5.91 Å². The van der Waals surface area contributed by atoms with Crippen LogP contribution in [0.3, 0.4) is 0 Å². The molecule has 0 aliphatic rings. The van der Waals surface area contributed by atoms with Crippen LogP contribution in [0.4, 0.5) is 5.69 Å². The van der Waals surface area contributed by atoms with Crippen molar-refractivity contribution in [2.75, 3.05) is 24.7 Å². The average molecular weight is 466 g/mol. The normalized spacial score (nSPS) is 10.1. The lowest BCUT2D eigenvalue weighted by Crippen LogP contribution is -2.35. The number of nitriles is 1. The molecule has 0 saturated carbocycles. The molecule has 0 aliphatic heterocycles. The Labute approximate surface area is 176 Å². The first kappa shape index (κ1) is 21.7. The number of hydrogen-bond acceptors (Lipinski definition) is 5. The number of amides is 1. The highest BCUT2D eigenvalue weighted by Crippen LogP contribution is 2.23. The fourth-order valence-corrected chi connectivity index (χ4v) is 2.94. The predicted molar refractivity (Wildman–Crippen MR) is 110 cm³/mol. The second-order valence-electron chi connectivity index (χ2n) is 5.58. The Bertz CT molecular complexity index is 881. The van der Waals surface area contributed by atoms with Crippen LogP contribution in [0.1, 0.15) is 23.7 Å². The third-order valence-electron chi connectivity index (χ3n) is 3.68. The van der Waals surface area contributed by atoms with Crippen LogP contribution in [-0.4, -0.2) is 31.6 Å². The van der Waals surface area contributed by atoms with Gasteiger partial charge < -0.3 is 14.4 Å². The Morgan fingerprint density at radius 1 is 1.21 bits per heavy atom. The average Bonchev–Trinajstić information content (AvgIpc) is 2.69. The molecule has 0 radical (unpaired) electrons. The van der Waals surface area contributed by atoms with Crippen molar-refractivity contribution in [3.05, 3.63) is 57.5 Å². The minimum atomic E-state index is -0.702. The minimum absolute atomic E-state index is 0.143. The van der Waals surface area contributed by atoms with E-state index in [9.17, 15) is 9.59 Å². The summed E-state index contributed by atoms with van der Waals surface area (Å²) in [5.41, 5.74) is 0.744. The Kier molecular flexibility index (Phi) is 8.30. The van der Waals surface area contributed by atoms with E-state index in [2.05, 4.69) is 15.9 Å². The lowest BCUT2D eigenvalue weighted by molar-refractivity contribution is -0.121. The van der Waals surface area contributed by atoms with E-state index in [0.717, 1.165) is 0 Å². The number of benzene rings is 2. The molecule has 8 heteroatoms. The zero-order valence-corrected chi connectivity index (χ0v) is 17.5. The van der Waals surface area contributed by atoms with Crippen LogP contribution in [0.15, 0.2) is 46.9 Å². The highest BCUT2D eigenvalue weighted by molar-refractivity contribution is 9.10. The summed E-state index contributed by atoms with van der Waals surface area (Å²) in [6.45, 7) is 2.12. The molecule has 0 spiro atoms. The molecule has 146 valence electrons. The Balaban J connectivity index is 2.09. The summed E-state index contributed by atoms with van der Waals surface area (Å²) in [6, 6.07) is 13.7. The summed E-state index contributed by atoms with van der Waals surface area (Å²) >= 11 is 9.27. The van der Waals surface area contributed by atoms with Gasteiger partial charge in [-0.3, -0.25) is 4.79 Å². The lowest BCUT2D eigenvalue weighted by Gasteiger charge is -2.22. The van der Waals surface area contributed by atoms with Crippen molar-refractivity contribution in [2.24, 2.45) is 0 Å². The smallest absolute Gasteiger partial charge is 0.340 e. The second-order valence-corrected chi connectivity index (χ2v) is 6.90. The molecule has 0 aromatic heterocycles. The number of ether oxygens (including phenoxy) is 2. The van der Waals surface area contributed by atoms with Crippen LogP contribution in [0.5, 0.6) is 5.75 Å². The Hall–Kier alpha value is -2.56. The van der Waals surface area contributed by atoms with Crippen molar-refractivity contribution in [1.82, 2.24) is 0 Å². The fraction of sp³-hybridized carbons (Fsp3) is 0.250. The molecule has 0 atom stereocenters. The summed E-state index contributed by atoms with van der Waals surface area (Å²) in [5.74, 6) is -0.472. The standard InChI is InChI=1S/C20H18BrClN2O4/c1-2-27-16-7-5-15(6-8-16)24(11-3-10-23)19(25)13-28-20(26)17-12-14(21)4-9-18(17)22/h4-9,12H,2-3,11,13H2,1H3. The molecule has 1 amide bonds. The first-order chi connectivity index (χ1) is 13.5. The molecule has 0 unspecified atom stereocenters. The maximum atomic E-state index is 12.6. The molecule has 2 rings (SSSR count). The van der Waals surface area contributed by atoms with E-state index in [4.69, 9.17) is 26.3 Å². The molecule has 0 bridgehead atoms. The SMILES string of the molecule is CCOc1ccc(N(CCC#N)C(=O)COC(=O)c2cc(Br)ccc2Cl)cc1. The lowest BCUT2D eigenvalue weighted by atomic mass is 10.2. The zero-order chi connectivity index (χ0) is 20.5. The van der Waals surface area contributed by atoms with Gasteiger partial charge in [0.1, 0.15) is 5.75 Å². The number of hydrogen-bond donors (Lipinski definition) is 0. The zero-order valence-electron chi connectivity index (χ0n) is 15.2. The number of carbonyl (C=O) groups excluding carboxylic acids is 2. The van der Waals surface area contributed by atoms with Crippen LogP contribution >= 0.6 is 27.5 Å². The molecule has 2 aromatic carbocycles. The molecule has 0 aliphatic carbocycles. The Morgan fingerprint density at radius 2 is 1.93 bits per heavy atom. The summed E-state index contributed by atoms with van der Waals surface area (Å²) < 4.78 is 11.2. The number of halogens is 2. The van der Waals surface area contributed by atoms with Gasteiger partial charge in [0.15, 0.2) is 6.61 Å². The van der Waals surface area contributed by atoms with Crippen molar-refractivity contribution in [3.8, 4) is 11.8 Å². The molecular weight excluding hydrogens is 448 g/mol. The van der Waals surface area contributed by atoms with Gasteiger partial charge in [-0.1, -0.05) is 27.5 Å². The van der Waals surface area contributed by atoms with E-state index >= 15 is 0 Å². The van der Waals surface area contributed by atoms with Crippen LogP contribution < -0.4 is 9.64 Å². The van der Waals surface area contributed by atoms with Gasteiger partial charge in [-0.15, -0.1) is 0 Å². The van der Waals surface area contributed by atoms with E-state index in [1.54, 1.807) is 36.4 Å². The second kappa shape index (κ2) is 10.7. The largest absolute Gasteiger partial charge is 0.494 e. The molecule has 0 saturated heterocycles. The van der Waals surface area contributed by atoms with Crippen LogP contribution in [0.2, 0.25) is 5.02 Å². The fourth-order valence-electron chi connectivity index (χ4n) is 2.39. The van der Waals surface area contributed by atoms with Crippen molar-refractivity contribution in [2.45, 2.75) is 13.3 Å². The van der Waals surface area contributed by atoms with E-state index in [1.807, 2.05) is 13.0 Å². The van der Waals surface area contributed by atoms with E-state index in [1.165, 1.54) is 11.0 Å². The van der Waals surface area contributed by atoms with Crippen LogP contribution in [0, 0.1) is 11.3 Å². The van der Waals surface area contributed by atoms with Gasteiger partial charge in [-0.05, 0) is 49.4 Å². The summed E-state index contributed by atoms with van der Waals surface area (Å²) in [4.78, 5) is 26.3. The van der Waals surface area contributed by atoms with Crippen LogP contribution in [-0.2, 0) is 9.53 Å². The van der Waals surface area contributed by atoms with Crippen molar-refractivity contribution in [3.63, 3.8) is 0 Å². The number of rotatable bonds is 8. The molecule has 0 N–H and O–H groups in total. The highest BCUT2D eigenvalue weighted by Gasteiger charge is 2.19. The summed E-state index contributed by atoms with van der Waals surface area (Å²) in [6.07, 6.45) is 0.143. The maximum Gasteiger partial charge on any atom is 0.340 e. The quantitative estimate of drug-likeness (QED) is 0.532. The first-order valence-corrected chi connectivity index (χ1v) is 9.65. The predicted octanol–water partition coefficient (Wildman–Crippen LogP) is 4.60. The molecule has 28 heavy (non-hydrogen) atoms. The van der Waals surface area contributed by atoms with Gasteiger partial charge in [-0.25, -0.2) is 4.79 Å². The van der Waals surface area contributed by atoms with Crippen molar-refractivity contribution < 1.29 is 19.1 Å². The molecule has 6 nitrogen and oxygen atoms in total. The monoisotopic (exact) mass is 464 g/mol. The number of anilines is 1. The van der Waals surface area contributed by atoms with Gasteiger partial charge in [0.05, 0.1) is 29.7 Å². The maximum absolute atomic E-state index is 12.6. The van der Waals surface area contributed by atoms with Gasteiger partial charge >= 0.3 is 5.97 Å². The number of nitrogens with zero attached hydrogens (tertiary/aromatic N) is 2. The topological polar surface area (TPSA) is 79.6 Å². The van der Waals surface area contributed by atoms with Crippen molar-refractivity contribution >= 4 is 45.1 Å². The van der Waals surface area contributed by atoms with Gasteiger partial charge in [-0.2, -0.15) is 5.26 Å². The molecular formula is C20H18BrClN2O4. The third kappa shape index (κ3) is 5.98. The van der Waals surface area contributed by atoms with E-state index in [0.29, 0.717) is 22.5 Å². The summed E-state index contributed by atoms with van der Waals surface area (Å²) in [7, 11) is 0. The van der Waals surface area contributed by atoms with Gasteiger partial charge in [0, 0.05) is 16.7 Å². The third-order valence-corrected chi connectivity index (χ3v) is 4.51. The molecule has 0 heterocycles.